The summed E-state index contributed by atoms with van der Waals surface area (Å²) < 4.78 is 34.7. The van der Waals surface area contributed by atoms with Gasteiger partial charge in [-0.25, -0.2) is 4.57 Å². The molecule has 0 bridgehead atoms. The first-order valence-electron chi connectivity index (χ1n) is 34.3. The van der Waals surface area contributed by atoms with Crippen molar-refractivity contribution in [3.05, 3.63) is 85.1 Å². The fourth-order valence-electron chi connectivity index (χ4n) is 9.66. The van der Waals surface area contributed by atoms with Crippen molar-refractivity contribution in [1.29, 1.82) is 0 Å². The highest BCUT2D eigenvalue weighted by molar-refractivity contribution is 7.47. The third-order valence-corrected chi connectivity index (χ3v) is 15.9. The van der Waals surface area contributed by atoms with Crippen LogP contribution in [0.5, 0.6) is 0 Å². The third-order valence-electron chi connectivity index (χ3n) is 14.9. The number of carbonyl (C=O) groups excluding carboxylic acids is 2. The first-order valence-corrected chi connectivity index (χ1v) is 35.8. The molecule has 0 aliphatic carbocycles. The van der Waals surface area contributed by atoms with Crippen molar-refractivity contribution in [2.75, 3.05) is 47.5 Å². The molecule has 0 aliphatic heterocycles. The van der Waals surface area contributed by atoms with Gasteiger partial charge in [0, 0.05) is 12.8 Å². The SMILES string of the molecule is CC/C=C\C/C=C\C/C=C\C/C=C\C/C=C\CCCCCCCCCCCCCCCCCC(=O)OC(COC(=O)CCCCCCCCCCCCCCCCC/C=C\C/C=C\CCCCCCC)COP(=O)(O)OCC[N+](C)(C)C. The van der Waals surface area contributed by atoms with E-state index in [1.807, 2.05) is 21.1 Å². The van der Waals surface area contributed by atoms with Crippen LogP contribution in [0.2, 0.25) is 0 Å². The zero-order chi connectivity index (χ0) is 59.8. The van der Waals surface area contributed by atoms with Gasteiger partial charge < -0.3 is 18.9 Å². The molecule has 476 valence electrons. The molecule has 2 unspecified atom stereocenters. The lowest BCUT2D eigenvalue weighted by Gasteiger charge is -2.24. The molecule has 0 heterocycles. The number of allylic oxidation sites excluding steroid dienone is 14. The van der Waals surface area contributed by atoms with Crippen molar-refractivity contribution in [3.63, 3.8) is 0 Å². The Labute approximate surface area is 507 Å². The molecule has 82 heavy (non-hydrogen) atoms. The number of carbonyl (C=O) groups is 2. The van der Waals surface area contributed by atoms with Gasteiger partial charge in [-0.2, -0.15) is 0 Å². The Balaban J connectivity index is 4.05. The van der Waals surface area contributed by atoms with Crippen LogP contribution < -0.4 is 0 Å². The molecule has 0 aliphatic rings. The lowest BCUT2D eigenvalue weighted by molar-refractivity contribution is -0.870. The Hall–Kier alpha value is -2.81. The zero-order valence-corrected chi connectivity index (χ0v) is 55.1. The minimum atomic E-state index is -4.39. The Kier molecular flexibility index (Phi) is 60.6. The van der Waals surface area contributed by atoms with E-state index in [-0.39, 0.29) is 32.0 Å². The van der Waals surface area contributed by atoms with Crippen LogP contribution in [0.4, 0.5) is 0 Å². The summed E-state index contributed by atoms with van der Waals surface area (Å²) in [7, 11) is 1.48. The fraction of sp³-hybridized carbons (Fsp3) is 0.778. The fourth-order valence-corrected chi connectivity index (χ4v) is 10.4. The van der Waals surface area contributed by atoms with Gasteiger partial charge in [0.05, 0.1) is 27.7 Å². The standard InChI is InChI=1S/C72H130NO8P/c1-6-8-10-12-14-16-18-20-22-24-26-28-30-32-34-35-36-37-39-41-43-45-47-49-51-53-55-57-59-61-63-65-72(75)81-70(69-80-82(76,77)79-67-66-73(3,4)5)68-78-71(74)64-62-60-58-56-54-52-50-48-46-44-42-40-38-33-31-29-27-25-23-21-19-17-15-13-11-9-7-2/h8,10,14,16,19-22,25-28,32,34,70H,6-7,9,11-13,15,17-18,23-24,29-31,33,35-69H2,1-5H3/p+1/b10-8-,16-14-,21-19-,22-20-,27-25-,28-26-,34-32-. The number of hydrogen-bond donors (Lipinski definition) is 1. The number of phosphoric ester groups is 1. The number of nitrogens with zero attached hydrogens (tertiary/aromatic N) is 1. The number of esters is 2. The van der Waals surface area contributed by atoms with E-state index in [0.29, 0.717) is 17.4 Å². The lowest BCUT2D eigenvalue weighted by Crippen LogP contribution is -2.37. The van der Waals surface area contributed by atoms with Gasteiger partial charge in [0.2, 0.25) is 0 Å². The monoisotopic (exact) mass is 1170 g/mol. The summed E-state index contributed by atoms with van der Waals surface area (Å²) in [4.78, 5) is 35.9. The number of phosphoric acid groups is 1. The van der Waals surface area contributed by atoms with E-state index in [1.165, 1.54) is 205 Å². The van der Waals surface area contributed by atoms with Gasteiger partial charge in [0.1, 0.15) is 19.8 Å². The van der Waals surface area contributed by atoms with Crippen molar-refractivity contribution >= 4 is 19.8 Å². The van der Waals surface area contributed by atoms with E-state index >= 15 is 0 Å². The third kappa shape index (κ3) is 66.3. The Bertz CT molecular complexity index is 1660. The topological polar surface area (TPSA) is 108 Å². The molecule has 0 radical (unpaired) electrons. The molecule has 0 rings (SSSR count). The van der Waals surface area contributed by atoms with Crippen LogP contribution in [0.1, 0.15) is 309 Å². The number of rotatable bonds is 63. The molecule has 10 heteroatoms. The summed E-state index contributed by atoms with van der Waals surface area (Å²) in [6, 6.07) is 0. The molecule has 2 atom stereocenters. The predicted octanol–water partition coefficient (Wildman–Crippen LogP) is 22.2. The Morgan fingerprint density at radius 2 is 0.695 bits per heavy atom. The second kappa shape index (κ2) is 62.7. The highest BCUT2D eigenvalue weighted by Crippen LogP contribution is 2.43. The first-order chi connectivity index (χ1) is 40.0. The minimum Gasteiger partial charge on any atom is -0.462 e. The second-order valence-corrected chi connectivity index (χ2v) is 25.6. The maximum absolute atomic E-state index is 12.9. The van der Waals surface area contributed by atoms with E-state index in [0.717, 1.165) is 70.6 Å². The normalized spacial score (nSPS) is 13.7. The van der Waals surface area contributed by atoms with E-state index < -0.39 is 26.5 Å². The molecular weight excluding hydrogens is 1040 g/mol. The van der Waals surface area contributed by atoms with Crippen LogP contribution in [-0.2, 0) is 32.7 Å². The van der Waals surface area contributed by atoms with Crippen LogP contribution in [-0.4, -0.2) is 74.9 Å². The molecule has 1 N–H and O–H groups in total. The smallest absolute Gasteiger partial charge is 0.462 e. The van der Waals surface area contributed by atoms with Crippen molar-refractivity contribution in [2.45, 2.75) is 315 Å². The molecule has 9 nitrogen and oxygen atoms in total. The van der Waals surface area contributed by atoms with E-state index in [9.17, 15) is 19.0 Å². The number of unbranched alkanes of at least 4 members (excludes halogenated alkanes) is 35. The molecule has 0 aromatic heterocycles. The second-order valence-electron chi connectivity index (χ2n) is 24.2. The largest absolute Gasteiger partial charge is 0.472 e. The Morgan fingerprint density at radius 1 is 0.390 bits per heavy atom. The summed E-state index contributed by atoms with van der Waals surface area (Å²) in [6.07, 6.45) is 85.3. The van der Waals surface area contributed by atoms with Gasteiger partial charge in [-0.3, -0.25) is 18.6 Å². The Morgan fingerprint density at radius 3 is 1.04 bits per heavy atom. The molecule has 0 aromatic carbocycles. The maximum atomic E-state index is 12.9. The maximum Gasteiger partial charge on any atom is 0.472 e. The quantitative estimate of drug-likeness (QED) is 0.0211. The number of quaternary nitrogens is 1. The molecular formula is C72H131NO8P+. The van der Waals surface area contributed by atoms with Crippen LogP contribution in [0.3, 0.4) is 0 Å². The van der Waals surface area contributed by atoms with Gasteiger partial charge in [0.15, 0.2) is 6.10 Å². The average Bonchev–Trinajstić information content (AvgIpc) is 3.46. The lowest BCUT2D eigenvalue weighted by atomic mass is 10.0. The molecule has 0 amide bonds. The number of hydrogen-bond acceptors (Lipinski definition) is 7. The molecule has 0 spiro atoms. The number of likely N-dealkylation sites (N-methyl/N-ethyl adjacent to an activating group) is 1. The van der Waals surface area contributed by atoms with Gasteiger partial charge in [-0.1, -0.05) is 292 Å². The van der Waals surface area contributed by atoms with Gasteiger partial charge in [-0.15, -0.1) is 0 Å². The predicted molar refractivity (Wildman–Crippen MR) is 353 cm³/mol. The minimum absolute atomic E-state index is 0.0304. The van der Waals surface area contributed by atoms with Crippen molar-refractivity contribution in [2.24, 2.45) is 0 Å². The summed E-state index contributed by atoms with van der Waals surface area (Å²) >= 11 is 0. The highest BCUT2D eigenvalue weighted by atomic mass is 31.2. The van der Waals surface area contributed by atoms with Crippen molar-refractivity contribution in [3.8, 4) is 0 Å². The van der Waals surface area contributed by atoms with Crippen LogP contribution >= 0.6 is 7.82 Å². The highest BCUT2D eigenvalue weighted by Gasteiger charge is 2.27. The summed E-state index contributed by atoms with van der Waals surface area (Å²) in [6.45, 7) is 4.35. The summed E-state index contributed by atoms with van der Waals surface area (Å²) in [5.41, 5.74) is 0. The van der Waals surface area contributed by atoms with E-state index in [1.54, 1.807) is 0 Å². The summed E-state index contributed by atoms with van der Waals surface area (Å²) in [5, 5.41) is 0. The van der Waals surface area contributed by atoms with Crippen LogP contribution in [0.25, 0.3) is 0 Å². The van der Waals surface area contributed by atoms with Gasteiger partial charge in [-0.05, 0) is 89.9 Å². The van der Waals surface area contributed by atoms with Crippen LogP contribution in [0, 0.1) is 0 Å². The van der Waals surface area contributed by atoms with Crippen molar-refractivity contribution in [1.82, 2.24) is 0 Å². The van der Waals surface area contributed by atoms with E-state index in [2.05, 4.69) is 98.9 Å². The van der Waals surface area contributed by atoms with E-state index in [4.69, 9.17) is 18.5 Å². The molecule has 0 saturated carbocycles. The summed E-state index contributed by atoms with van der Waals surface area (Å²) in [5.74, 6) is -0.788. The number of ether oxygens (including phenoxy) is 2. The molecule has 0 fully saturated rings. The van der Waals surface area contributed by atoms with Gasteiger partial charge >= 0.3 is 19.8 Å². The molecule has 0 saturated heterocycles. The molecule has 0 aromatic rings. The zero-order valence-electron chi connectivity index (χ0n) is 54.2. The average molecular weight is 1170 g/mol. The van der Waals surface area contributed by atoms with Crippen LogP contribution in [0.15, 0.2) is 85.1 Å². The first kappa shape index (κ1) is 79.2. The van der Waals surface area contributed by atoms with Crippen molar-refractivity contribution < 1.29 is 42.1 Å². The van der Waals surface area contributed by atoms with Gasteiger partial charge in [0.25, 0.3) is 0 Å².